The molecule has 1 atom stereocenters. The monoisotopic (exact) mass is 385 g/mol. The molecule has 0 spiro atoms. The van der Waals surface area contributed by atoms with E-state index in [1.807, 2.05) is 6.07 Å². The highest BCUT2D eigenvalue weighted by Gasteiger charge is 2.34. The Labute approximate surface area is 160 Å². The number of nitrogens with zero attached hydrogens (tertiary/aromatic N) is 2. The molecule has 1 unspecified atom stereocenters. The van der Waals surface area contributed by atoms with Gasteiger partial charge in [0.05, 0.1) is 12.6 Å². The number of halogens is 1. The molecule has 3 N–H and O–H groups in total. The summed E-state index contributed by atoms with van der Waals surface area (Å²) in [5.74, 6) is -0.742. The molecule has 1 aromatic heterocycles. The molecule has 2 fully saturated rings. The van der Waals surface area contributed by atoms with Gasteiger partial charge in [-0.25, -0.2) is 9.18 Å². The minimum atomic E-state index is -0.801. The number of aromatic amines is 1. The van der Waals surface area contributed by atoms with E-state index in [9.17, 15) is 18.8 Å². The Morgan fingerprint density at radius 1 is 1.25 bits per heavy atom. The number of hydrogen-bond acceptors (Lipinski definition) is 4. The van der Waals surface area contributed by atoms with Gasteiger partial charge in [0.15, 0.2) is 0 Å². The summed E-state index contributed by atoms with van der Waals surface area (Å²) in [6.07, 6.45) is 3.13. The van der Waals surface area contributed by atoms with Crippen LogP contribution in [-0.4, -0.2) is 52.1 Å². The first-order valence-corrected chi connectivity index (χ1v) is 9.19. The molecular formula is C19H20FN5O3. The Morgan fingerprint density at radius 3 is 2.71 bits per heavy atom. The zero-order chi connectivity index (χ0) is 19.7. The molecule has 4 amide bonds. The minimum Gasteiger partial charge on any atom is -0.343 e. The van der Waals surface area contributed by atoms with Crippen LogP contribution in [0.15, 0.2) is 30.5 Å². The number of nitrogens with one attached hydrogen (secondary N) is 3. The fraction of sp³-hybridized carbons (Fsp3) is 0.368. The molecule has 4 rings (SSSR count). The predicted molar refractivity (Wildman–Crippen MR) is 97.6 cm³/mol. The van der Waals surface area contributed by atoms with Gasteiger partial charge in [-0.05, 0) is 30.5 Å². The van der Waals surface area contributed by atoms with E-state index in [1.165, 1.54) is 12.1 Å². The zero-order valence-corrected chi connectivity index (χ0v) is 15.1. The lowest BCUT2D eigenvalue weighted by Crippen LogP contribution is -2.42. The molecule has 0 aliphatic carbocycles. The molecule has 2 aliphatic rings. The second-order valence-electron chi connectivity index (χ2n) is 7.08. The number of carbonyl (C=O) groups is 3. The van der Waals surface area contributed by atoms with Crippen molar-refractivity contribution in [3.63, 3.8) is 0 Å². The van der Waals surface area contributed by atoms with Crippen LogP contribution in [0, 0.1) is 5.82 Å². The van der Waals surface area contributed by atoms with Crippen molar-refractivity contribution in [3.05, 3.63) is 42.0 Å². The van der Waals surface area contributed by atoms with Crippen LogP contribution in [0.3, 0.4) is 0 Å². The number of rotatable bonds is 4. The Hall–Kier alpha value is -3.23. The van der Waals surface area contributed by atoms with E-state index in [1.54, 1.807) is 17.2 Å². The summed E-state index contributed by atoms with van der Waals surface area (Å²) in [7, 11) is 0. The molecule has 2 saturated heterocycles. The highest BCUT2D eigenvalue weighted by Crippen LogP contribution is 2.34. The third-order valence-corrected chi connectivity index (χ3v) is 5.30. The molecule has 28 heavy (non-hydrogen) atoms. The van der Waals surface area contributed by atoms with Crippen LogP contribution in [0.1, 0.15) is 30.9 Å². The van der Waals surface area contributed by atoms with Gasteiger partial charge in [-0.15, -0.1) is 0 Å². The number of carbonyl (C=O) groups excluding carboxylic acids is 3. The third-order valence-electron chi connectivity index (χ3n) is 5.30. The van der Waals surface area contributed by atoms with Crippen molar-refractivity contribution in [3.8, 4) is 11.1 Å². The number of H-pyrrole nitrogens is 1. The van der Waals surface area contributed by atoms with Crippen molar-refractivity contribution in [2.24, 2.45) is 0 Å². The molecule has 9 heteroatoms. The maximum absolute atomic E-state index is 13.6. The minimum absolute atomic E-state index is 0.0408. The Morgan fingerprint density at radius 2 is 2.04 bits per heavy atom. The fourth-order valence-electron chi connectivity index (χ4n) is 3.82. The number of aromatic nitrogens is 2. The van der Waals surface area contributed by atoms with E-state index < -0.39 is 18.0 Å². The highest BCUT2D eigenvalue weighted by atomic mass is 19.1. The normalized spacial score (nSPS) is 20.2. The van der Waals surface area contributed by atoms with E-state index in [2.05, 4.69) is 20.8 Å². The zero-order valence-electron chi connectivity index (χ0n) is 15.1. The van der Waals surface area contributed by atoms with Crippen LogP contribution in [0.4, 0.5) is 9.18 Å². The maximum atomic E-state index is 13.6. The summed E-state index contributed by atoms with van der Waals surface area (Å²) in [5.41, 5.74) is 2.58. The van der Waals surface area contributed by atoms with Crippen molar-refractivity contribution in [2.45, 2.75) is 31.2 Å². The van der Waals surface area contributed by atoms with Crippen molar-refractivity contribution < 1.29 is 18.8 Å². The number of hydrogen-bond donors (Lipinski definition) is 3. The summed E-state index contributed by atoms with van der Waals surface area (Å²) < 4.78 is 13.6. The Balaban J connectivity index is 1.39. The van der Waals surface area contributed by atoms with Crippen LogP contribution < -0.4 is 10.6 Å². The number of urea groups is 1. The average molecular weight is 385 g/mol. The highest BCUT2D eigenvalue weighted by molar-refractivity contribution is 6.05. The van der Waals surface area contributed by atoms with Gasteiger partial charge in [-0.2, -0.15) is 5.10 Å². The van der Waals surface area contributed by atoms with Crippen LogP contribution in [0.2, 0.25) is 0 Å². The summed E-state index contributed by atoms with van der Waals surface area (Å²) in [6.45, 7) is 1.10. The number of likely N-dealkylation sites (tertiary alicyclic amines) is 1. The van der Waals surface area contributed by atoms with Gasteiger partial charge in [0, 0.05) is 30.3 Å². The van der Waals surface area contributed by atoms with E-state index in [4.69, 9.17) is 0 Å². The number of piperidine rings is 1. The van der Waals surface area contributed by atoms with Gasteiger partial charge < -0.3 is 10.2 Å². The van der Waals surface area contributed by atoms with Gasteiger partial charge in [0.25, 0.3) is 5.91 Å². The topological polar surface area (TPSA) is 107 Å². The van der Waals surface area contributed by atoms with Crippen molar-refractivity contribution >= 4 is 17.8 Å². The third kappa shape index (κ3) is 3.60. The van der Waals surface area contributed by atoms with Crippen LogP contribution in [-0.2, 0) is 9.59 Å². The second kappa shape index (κ2) is 7.41. The standard InChI is InChI=1S/C19H20FN5O3/c20-13-3-1-2-12(8-13)14-10-21-24-17(14)11-4-6-25(7-5-11)16(26)9-15-18(27)23-19(28)22-15/h1-3,8,10-11,15H,4-7,9H2,(H,21,24)(H2,22,23,27,28). The largest absolute Gasteiger partial charge is 0.343 e. The van der Waals surface area contributed by atoms with Gasteiger partial charge >= 0.3 is 6.03 Å². The summed E-state index contributed by atoms with van der Waals surface area (Å²) in [6, 6.07) is 5.03. The van der Waals surface area contributed by atoms with Gasteiger partial charge in [0.2, 0.25) is 5.91 Å². The van der Waals surface area contributed by atoms with Gasteiger partial charge in [-0.1, -0.05) is 12.1 Å². The SMILES string of the molecule is O=C1NC(=O)C(CC(=O)N2CCC(c3[nH]ncc3-c3cccc(F)c3)CC2)N1. The first kappa shape index (κ1) is 18.1. The second-order valence-corrected chi connectivity index (χ2v) is 7.08. The summed E-state index contributed by atoms with van der Waals surface area (Å²) in [5, 5.41) is 11.7. The molecule has 0 radical (unpaired) electrons. The molecule has 3 heterocycles. The lowest BCUT2D eigenvalue weighted by molar-refractivity contribution is -0.134. The quantitative estimate of drug-likeness (QED) is 0.694. The smallest absolute Gasteiger partial charge is 0.322 e. The molecule has 1 aromatic carbocycles. The van der Waals surface area contributed by atoms with Crippen molar-refractivity contribution in [1.82, 2.24) is 25.7 Å². The first-order valence-electron chi connectivity index (χ1n) is 9.19. The average Bonchev–Trinajstić information content (AvgIpc) is 3.28. The van der Waals surface area contributed by atoms with Crippen LogP contribution >= 0.6 is 0 Å². The van der Waals surface area contributed by atoms with E-state index >= 15 is 0 Å². The maximum Gasteiger partial charge on any atom is 0.322 e. The molecule has 0 bridgehead atoms. The number of benzene rings is 1. The van der Waals surface area contributed by atoms with Gasteiger partial charge in [0.1, 0.15) is 11.9 Å². The molecule has 0 saturated carbocycles. The lowest BCUT2D eigenvalue weighted by Gasteiger charge is -2.32. The van der Waals surface area contributed by atoms with Crippen LogP contribution in [0.25, 0.3) is 11.1 Å². The lowest BCUT2D eigenvalue weighted by atomic mass is 9.89. The summed E-state index contributed by atoms with van der Waals surface area (Å²) in [4.78, 5) is 36.9. The van der Waals surface area contributed by atoms with Gasteiger partial charge in [-0.3, -0.25) is 20.0 Å². The molecule has 8 nitrogen and oxygen atoms in total. The van der Waals surface area contributed by atoms with E-state index in [-0.39, 0.29) is 24.1 Å². The fourth-order valence-corrected chi connectivity index (χ4v) is 3.82. The summed E-state index contributed by atoms with van der Waals surface area (Å²) >= 11 is 0. The number of amides is 4. The molecule has 2 aliphatic heterocycles. The molecular weight excluding hydrogens is 365 g/mol. The van der Waals surface area contributed by atoms with E-state index in [0.717, 1.165) is 29.7 Å². The Bertz CT molecular complexity index is 920. The molecule has 146 valence electrons. The molecule has 2 aromatic rings. The van der Waals surface area contributed by atoms with E-state index in [0.29, 0.717) is 13.1 Å². The number of imide groups is 1. The Kier molecular flexibility index (Phi) is 4.81. The first-order chi connectivity index (χ1) is 13.5. The van der Waals surface area contributed by atoms with Crippen molar-refractivity contribution in [1.29, 1.82) is 0 Å². The van der Waals surface area contributed by atoms with Crippen molar-refractivity contribution in [2.75, 3.05) is 13.1 Å². The van der Waals surface area contributed by atoms with Crippen LogP contribution in [0.5, 0.6) is 0 Å². The predicted octanol–water partition coefficient (Wildman–Crippen LogP) is 1.52.